The maximum absolute atomic E-state index is 12.8. The number of amides is 2. The molecule has 1 aromatic carbocycles. The highest BCUT2D eigenvalue weighted by molar-refractivity contribution is 6.30. The van der Waals surface area contributed by atoms with E-state index in [0.29, 0.717) is 31.1 Å². The van der Waals surface area contributed by atoms with Gasteiger partial charge in [-0.3, -0.25) is 9.59 Å². The molecule has 2 heterocycles. The van der Waals surface area contributed by atoms with Gasteiger partial charge in [-0.25, -0.2) is 4.98 Å². The molecule has 1 aliphatic heterocycles. The molecule has 1 fully saturated rings. The van der Waals surface area contributed by atoms with E-state index in [-0.39, 0.29) is 17.7 Å². The van der Waals surface area contributed by atoms with Crippen LogP contribution in [0.15, 0.2) is 24.3 Å². The predicted molar refractivity (Wildman–Crippen MR) is 111 cm³/mol. The molecule has 154 valence electrons. The molecule has 1 saturated carbocycles. The molecule has 2 aromatic rings. The van der Waals surface area contributed by atoms with Crippen LogP contribution in [0.3, 0.4) is 0 Å². The zero-order chi connectivity index (χ0) is 20.4. The standard InChI is InChI=1S/C22H27ClN4O2/c1-2-27-19-14-26(21(28)12-15-6-8-17(23)9-7-15)11-10-18(19)25-20(27)13-24-22(29)16-4-3-5-16/h6-9,16H,2-5,10-14H2,1H3,(H,24,29). The Balaban J connectivity index is 1.42. The van der Waals surface area contributed by atoms with E-state index in [2.05, 4.69) is 16.8 Å². The van der Waals surface area contributed by atoms with E-state index in [1.54, 1.807) is 0 Å². The van der Waals surface area contributed by atoms with Gasteiger partial charge in [0.1, 0.15) is 5.82 Å². The molecule has 1 aliphatic carbocycles. The van der Waals surface area contributed by atoms with E-state index in [1.807, 2.05) is 29.2 Å². The van der Waals surface area contributed by atoms with E-state index in [4.69, 9.17) is 16.6 Å². The molecule has 1 aromatic heterocycles. The molecule has 29 heavy (non-hydrogen) atoms. The summed E-state index contributed by atoms with van der Waals surface area (Å²) in [5.74, 6) is 1.31. The monoisotopic (exact) mass is 414 g/mol. The van der Waals surface area contributed by atoms with Crippen LogP contribution in [0.2, 0.25) is 5.02 Å². The highest BCUT2D eigenvalue weighted by Crippen LogP contribution is 2.26. The summed E-state index contributed by atoms with van der Waals surface area (Å²) in [6.45, 7) is 4.55. The van der Waals surface area contributed by atoms with Gasteiger partial charge in [0, 0.05) is 30.5 Å². The molecule has 2 aliphatic rings. The van der Waals surface area contributed by atoms with Gasteiger partial charge >= 0.3 is 0 Å². The van der Waals surface area contributed by atoms with Crippen LogP contribution in [0.5, 0.6) is 0 Å². The molecule has 0 radical (unpaired) electrons. The molecule has 0 saturated heterocycles. The lowest BCUT2D eigenvalue weighted by molar-refractivity contribution is -0.131. The van der Waals surface area contributed by atoms with Gasteiger partial charge in [0.2, 0.25) is 11.8 Å². The molecule has 4 rings (SSSR count). The van der Waals surface area contributed by atoms with Gasteiger partial charge in [-0.2, -0.15) is 0 Å². The summed E-state index contributed by atoms with van der Waals surface area (Å²) < 4.78 is 2.15. The van der Waals surface area contributed by atoms with E-state index in [0.717, 1.165) is 55.0 Å². The molecule has 7 heteroatoms. The highest BCUT2D eigenvalue weighted by Gasteiger charge is 2.28. The third-order valence-electron chi connectivity index (χ3n) is 6.03. The van der Waals surface area contributed by atoms with Crippen molar-refractivity contribution in [3.8, 4) is 0 Å². The van der Waals surface area contributed by atoms with Crippen LogP contribution < -0.4 is 5.32 Å². The minimum atomic E-state index is 0.113. The van der Waals surface area contributed by atoms with Gasteiger partial charge in [-0.15, -0.1) is 0 Å². The number of hydrogen-bond donors (Lipinski definition) is 1. The fourth-order valence-corrected chi connectivity index (χ4v) is 4.19. The number of hydrogen-bond acceptors (Lipinski definition) is 3. The Labute approximate surface area is 176 Å². The van der Waals surface area contributed by atoms with E-state index in [9.17, 15) is 9.59 Å². The number of halogens is 1. The summed E-state index contributed by atoms with van der Waals surface area (Å²) >= 11 is 5.93. The highest BCUT2D eigenvalue weighted by atomic mass is 35.5. The second-order valence-corrected chi connectivity index (χ2v) is 8.32. The maximum atomic E-state index is 12.8. The lowest BCUT2D eigenvalue weighted by Gasteiger charge is -2.28. The van der Waals surface area contributed by atoms with E-state index < -0.39 is 0 Å². The Morgan fingerprint density at radius 3 is 2.66 bits per heavy atom. The largest absolute Gasteiger partial charge is 0.349 e. The molecule has 0 bridgehead atoms. The molecule has 0 spiro atoms. The Bertz CT molecular complexity index is 902. The number of carbonyl (C=O) groups is 2. The number of nitrogens with zero attached hydrogens (tertiary/aromatic N) is 3. The predicted octanol–water partition coefficient (Wildman–Crippen LogP) is 3.10. The number of carbonyl (C=O) groups excluding carboxylic acids is 2. The van der Waals surface area contributed by atoms with Crippen molar-refractivity contribution in [1.29, 1.82) is 0 Å². The van der Waals surface area contributed by atoms with Crippen molar-refractivity contribution in [2.24, 2.45) is 5.92 Å². The van der Waals surface area contributed by atoms with E-state index in [1.165, 1.54) is 0 Å². The van der Waals surface area contributed by atoms with Gasteiger partial charge in [0.15, 0.2) is 0 Å². The normalized spacial score (nSPS) is 16.3. The van der Waals surface area contributed by atoms with Crippen molar-refractivity contribution in [2.45, 2.75) is 58.7 Å². The third-order valence-corrected chi connectivity index (χ3v) is 6.28. The van der Waals surface area contributed by atoms with Crippen LogP contribution in [-0.4, -0.2) is 32.8 Å². The number of nitrogens with one attached hydrogen (secondary N) is 1. The minimum absolute atomic E-state index is 0.113. The summed E-state index contributed by atoms with van der Waals surface area (Å²) in [6, 6.07) is 7.42. The number of benzene rings is 1. The van der Waals surface area contributed by atoms with Crippen molar-refractivity contribution in [3.05, 3.63) is 52.1 Å². The SMILES string of the molecule is CCn1c(CNC(=O)C2CCC2)nc2c1CN(C(=O)Cc1ccc(Cl)cc1)CC2. The van der Waals surface area contributed by atoms with Gasteiger partial charge in [-0.05, 0) is 37.5 Å². The summed E-state index contributed by atoms with van der Waals surface area (Å²) in [4.78, 5) is 31.7. The van der Waals surface area contributed by atoms with Gasteiger partial charge in [0.25, 0.3) is 0 Å². The van der Waals surface area contributed by atoms with Gasteiger partial charge in [-0.1, -0.05) is 30.2 Å². The fourth-order valence-electron chi connectivity index (χ4n) is 4.06. The zero-order valence-corrected chi connectivity index (χ0v) is 17.5. The smallest absolute Gasteiger partial charge is 0.227 e. The molecule has 2 amide bonds. The summed E-state index contributed by atoms with van der Waals surface area (Å²) in [5, 5.41) is 3.72. The van der Waals surface area contributed by atoms with Gasteiger partial charge in [0.05, 0.1) is 30.9 Å². The average Bonchev–Trinajstić information content (AvgIpc) is 3.03. The first-order valence-corrected chi connectivity index (χ1v) is 10.8. The molecule has 0 atom stereocenters. The van der Waals surface area contributed by atoms with Crippen LogP contribution in [0, 0.1) is 5.92 Å². The van der Waals surface area contributed by atoms with Crippen LogP contribution in [0.1, 0.15) is 49.0 Å². The third kappa shape index (κ3) is 4.32. The quantitative estimate of drug-likeness (QED) is 0.789. The zero-order valence-electron chi connectivity index (χ0n) is 16.8. The topological polar surface area (TPSA) is 67.2 Å². The molecule has 6 nitrogen and oxygen atoms in total. The Hall–Kier alpha value is -2.34. The van der Waals surface area contributed by atoms with Crippen molar-refractivity contribution in [3.63, 3.8) is 0 Å². The molecular formula is C22H27ClN4O2. The lowest BCUT2D eigenvalue weighted by atomic mass is 9.85. The second-order valence-electron chi connectivity index (χ2n) is 7.88. The first kappa shape index (κ1) is 20.0. The van der Waals surface area contributed by atoms with Crippen LogP contribution in [0.4, 0.5) is 0 Å². The van der Waals surface area contributed by atoms with Gasteiger partial charge < -0.3 is 14.8 Å². The average molecular weight is 415 g/mol. The summed E-state index contributed by atoms with van der Waals surface area (Å²) in [7, 11) is 0. The van der Waals surface area contributed by atoms with Crippen LogP contribution >= 0.6 is 11.6 Å². The maximum Gasteiger partial charge on any atom is 0.227 e. The van der Waals surface area contributed by atoms with Crippen LogP contribution in [0.25, 0.3) is 0 Å². The van der Waals surface area contributed by atoms with Crippen molar-refractivity contribution >= 4 is 23.4 Å². The first-order chi connectivity index (χ1) is 14.0. The molecule has 1 N–H and O–H groups in total. The fraction of sp³-hybridized carbons (Fsp3) is 0.500. The van der Waals surface area contributed by atoms with Crippen molar-refractivity contribution in [1.82, 2.24) is 19.8 Å². The second kappa shape index (κ2) is 8.57. The molecule has 0 unspecified atom stereocenters. The lowest BCUT2D eigenvalue weighted by Crippen LogP contribution is -2.37. The Morgan fingerprint density at radius 2 is 2.00 bits per heavy atom. The van der Waals surface area contributed by atoms with Crippen molar-refractivity contribution in [2.75, 3.05) is 6.54 Å². The first-order valence-electron chi connectivity index (χ1n) is 10.4. The Kier molecular flexibility index (Phi) is 5.90. The number of aromatic nitrogens is 2. The minimum Gasteiger partial charge on any atom is -0.349 e. The number of imidazole rings is 1. The summed E-state index contributed by atoms with van der Waals surface area (Å²) in [5.41, 5.74) is 3.11. The number of fused-ring (bicyclic) bond motifs is 1. The van der Waals surface area contributed by atoms with Crippen molar-refractivity contribution < 1.29 is 9.59 Å². The Morgan fingerprint density at radius 1 is 1.24 bits per heavy atom. The van der Waals surface area contributed by atoms with E-state index >= 15 is 0 Å². The van der Waals surface area contributed by atoms with Crippen LogP contribution in [-0.2, 0) is 42.1 Å². The number of rotatable bonds is 6. The molecular weight excluding hydrogens is 388 g/mol. The summed E-state index contributed by atoms with van der Waals surface area (Å²) in [6.07, 6.45) is 4.26.